The molecule has 0 aliphatic heterocycles. The van der Waals surface area contributed by atoms with Crippen molar-refractivity contribution in [1.29, 1.82) is 0 Å². The summed E-state index contributed by atoms with van der Waals surface area (Å²) in [6.45, 7) is 2.89. The molecule has 1 atom stereocenters. The van der Waals surface area contributed by atoms with Crippen LogP contribution in [0.4, 0.5) is 18.0 Å². The molecule has 2 aromatic carbocycles. The predicted molar refractivity (Wildman–Crippen MR) is 138 cm³/mol. The van der Waals surface area contributed by atoms with Gasteiger partial charge in [0.2, 0.25) is 0 Å². The molecule has 3 amide bonds. The fourth-order valence-corrected chi connectivity index (χ4v) is 4.92. The molecule has 11 heteroatoms. The van der Waals surface area contributed by atoms with E-state index in [-0.39, 0.29) is 24.0 Å². The van der Waals surface area contributed by atoms with Crippen LogP contribution in [0.25, 0.3) is 6.08 Å². The molecule has 0 fully saturated rings. The van der Waals surface area contributed by atoms with Crippen LogP contribution in [0.2, 0.25) is 0 Å². The van der Waals surface area contributed by atoms with Crippen LogP contribution in [0.3, 0.4) is 0 Å². The maximum Gasteiger partial charge on any atom is 0.399 e. The summed E-state index contributed by atoms with van der Waals surface area (Å²) in [5.74, 6) is -2.16. The van der Waals surface area contributed by atoms with Crippen LogP contribution in [0, 0.1) is 0 Å². The molecule has 0 saturated carbocycles. The second-order valence-corrected chi connectivity index (χ2v) is 10.0. The first-order chi connectivity index (χ1) is 15.9. The number of nitrogens with one attached hydrogen (secondary N) is 2. The molecule has 0 aliphatic rings. The quantitative estimate of drug-likeness (QED) is 0.328. The molecule has 0 spiro atoms. The molecular weight excluding hydrogens is 647 g/mol. The minimum Gasteiger partial charge on any atom is -0.350 e. The maximum atomic E-state index is 13.7. The lowest BCUT2D eigenvalue weighted by Gasteiger charge is -2.18. The summed E-state index contributed by atoms with van der Waals surface area (Å²) in [5.41, 5.74) is 0.932. The number of allylic oxidation sites excluding steroid dienone is 1. The number of carbonyl (C=O) groups is 2. The van der Waals surface area contributed by atoms with E-state index in [0.29, 0.717) is 37.6 Å². The monoisotopic (exact) mass is 667 g/mol. The highest BCUT2D eigenvalue weighted by molar-refractivity contribution is 9.11. The molecule has 2 rings (SSSR count). The Kier molecular flexibility index (Phi) is 10.6. The average Bonchev–Trinajstić information content (AvgIpc) is 2.72. The lowest BCUT2D eigenvalue weighted by Crippen LogP contribution is -2.41. The Bertz CT molecular complexity index is 1040. The number of alkyl halides is 3. The molecule has 2 N–H and O–H groups in total. The molecule has 184 valence electrons. The lowest BCUT2D eigenvalue weighted by atomic mass is 9.97. The second-order valence-electron chi connectivity index (χ2n) is 7.33. The number of benzene rings is 2. The summed E-state index contributed by atoms with van der Waals surface area (Å²) in [7, 11) is 1.62. The van der Waals surface area contributed by atoms with Crippen LogP contribution >= 0.6 is 47.8 Å². The molecule has 0 aromatic heterocycles. The van der Waals surface area contributed by atoms with Gasteiger partial charge in [0.15, 0.2) is 0 Å². The van der Waals surface area contributed by atoms with Gasteiger partial charge < -0.3 is 15.5 Å². The van der Waals surface area contributed by atoms with Gasteiger partial charge in [0.05, 0.1) is 11.5 Å². The molecule has 0 aliphatic carbocycles. The van der Waals surface area contributed by atoms with Gasteiger partial charge in [-0.3, -0.25) is 4.79 Å². The summed E-state index contributed by atoms with van der Waals surface area (Å²) >= 11 is 9.77. The Morgan fingerprint density at radius 3 is 2.26 bits per heavy atom. The van der Waals surface area contributed by atoms with E-state index in [1.165, 1.54) is 29.2 Å². The number of rotatable bonds is 8. The Morgan fingerprint density at radius 1 is 1.06 bits per heavy atom. The Balaban J connectivity index is 2.11. The van der Waals surface area contributed by atoms with Gasteiger partial charge in [-0.2, -0.15) is 13.2 Å². The van der Waals surface area contributed by atoms with Gasteiger partial charge in [-0.15, -0.1) is 0 Å². The van der Waals surface area contributed by atoms with Crippen molar-refractivity contribution in [2.45, 2.75) is 19.0 Å². The van der Waals surface area contributed by atoms with Gasteiger partial charge in [0, 0.05) is 40.1 Å². The van der Waals surface area contributed by atoms with Crippen molar-refractivity contribution in [3.8, 4) is 0 Å². The fraction of sp³-hybridized carbons (Fsp3) is 0.304. The molecule has 0 saturated heterocycles. The lowest BCUT2D eigenvalue weighted by molar-refractivity contribution is -0.139. The Labute approximate surface area is 221 Å². The van der Waals surface area contributed by atoms with Crippen LogP contribution in [0.1, 0.15) is 34.3 Å². The molecule has 2 aromatic rings. The molecule has 34 heavy (non-hydrogen) atoms. The number of likely N-dealkylation sites (N-methyl/N-ethyl adjacent to an activating group) is 1. The number of carbonyl (C=O) groups excluding carboxylic acids is 2. The van der Waals surface area contributed by atoms with Crippen molar-refractivity contribution in [2.75, 3.05) is 26.7 Å². The van der Waals surface area contributed by atoms with Crippen molar-refractivity contribution in [1.82, 2.24) is 15.5 Å². The zero-order valence-electron chi connectivity index (χ0n) is 18.3. The van der Waals surface area contributed by atoms with E-state index in [0.717, 1.165) is 6.08 Å². The number of halogens is 6. The van der Waals surface area contributed by atoms with Crippen molar-refractivity contribution in [2.24, 2.45) is 0 Å². The number of amides is 3. The summed E-state index contributed by atoms with van der Waals surface area (Å²) in [6.07, 6.45) is -2.01. The van der Waals surface area contributed by atoms with E-state index in [1.54, 1.807) is 25.2 Å². The van der Waals surface area contributed by atoms with E-state index in [1.807, 2.05) is 6.92 Å². The molecule has 0 heterocycles. The SMILES string of the molecule is CCNC(=O)N(C)CCNC(=O)c1ccc(/C=C/C(c2cc(Br)cc(Br)c2)C(F)(F)F)cc1Br. The molecule has 0 radical (unpaired) electrons. The minimum absolute atomic E-state index is 0.0950. The number of hydrogen-bond acceptors (Lipinski definition) is 2. The van der Waals surface area contributed by atoms with Crippen LogP contribution in [0.15, 0.2) is 55.9 Å². The van der Waals surface area contributed by atoms with Crippen LogP contribution in [-0.4, -0.2) is 49.7 Å². The summed E-state index contributed by atoms with van der Waals surface area (Å²) in [6, 6.07) is 8.98. The third kappa shape index (κ3) is 8.42. The fourth-order valence-electron chi connectivity index (χ4n) is 3.01. The third-order valence-electron chi connectivity index (χ3n) is 4.72. The van der Waals surface area contributed by atoms with Gasteiger partial charge in [-0.05, 0) is 64.3 Å². The summed E-state index contributed by atoms with van der Waals surface area (Å²) < 4.78 is 42.7. The first-order valence-corrected chi connectivity index (χ1v) is 12.6. The van der Waals surface area contributed by atoms with Crippen LogP contribution in [-0.2, 0) is 0 Å². The average molecular weight is 670 g/mol. The van der Waals surface area contributed by atoms with Gasteiger partial charge in [0.1, 0.15) is 0 Å². The first-order valence-electron chi connectivity index (χ1n) is 10.2. The zero-order valence-corrected chi connectivity index (χ0v) is 23.1. The maximum absolute atomic E-state index is 13.7. The van der Waals surface area contributed by atoms with Crippen molar-refractivity contribution in [3.05, 3.63) is 72.6 Å². The summed E-state index contributed by atoms with van der Waals surface area (Å²) in [4.78, 5) is 25.6. The Morgan fingerprint density at radius 2 is 1.71 bits per heavy atom. The van der Waals surface area contributed by atoms with Crippen molar-refractivity contribution >= 4 is 65.8 Å². The minimum atomic E-state index is -4.48. The highest BCUT2D eigenvalue weighted by Crippen LogP contribution is 2.38. The van der Waals surface area contributed by atoms with Gasteiger partial charge in [-0.25, -0.2) is 4.79 Å². The van der Waals surface area contributed by atoms with Crippen LogP contribution in [0.5, 0.6) is 0 Å². The van der Waals surface area contributed by atoms with Crippen LogP contribution < -0.4 is 10.6 Å². The van der Waals surface area contributed by atoms with E-state index < -0.39 is 12.1 Å². The second kappa shape index (κ2) is 12.7. The predicted octanol–water partition coefficient (Wildman–Crippen LogP) is 6.72. The normalized spacial score (nSPS) is 12.5. The largest absolute Gasteiger partial charge is 0.399 e. The topological polar surface area (TPSA) is 61.4 Å². The number of hydrogen-bond donors (Lipinski definition) is 2. The van der Waals surface area contributed by atoms with Crippen molar-refractivity contribution in [3.63, 3.8) is 0 Å². The van der Waals surface area contributed by atoms with Crippen molar-refractivity contribution < 1.29 is 22.8 Å². The van der Waals surface area contributed by atoms with Gasteiger partial charge in [0.25, 0.3) is 5.91 Å². The first kappa shape index (κ1) is 28.4. The van der Waals surface area contributed by atoms with Gasteiger partial charge >= 0.3 is 12.2 Å². The highest BCUT2D eigenvalue weighted by atomic mass is 79.9. The molecule has 0 bridgehead atoms. The number of nitrogens with zero attached hydrogens (tertiary/aromatic N) is 1. The smallest absolute Gasteiger partial charge is 0.350 e. The molecular formula is C23H23Br3F3N3O2. The van der Waals surface area contributed by atoms with E-state index in [9.17, 15) is 22.8 Å². The third-order valence-corrected chi connectivity index (χ3v) is 6.29. The highest BCUT2D eigenvalue weighted by Gasteiger charge is 2.39. The molecule has 5 nitrogen and oxygen atoms in total. The standard InChI is InChI=1S/C23H23Br3F3N3O2/c1-3-30-22(34)32(2)9-8-31-21(33)18-6-4-14(10-20(18)26)5-7-19(23(27,28)29)15-11-16(24)13-17(25)12-15/h4-7,10-13,19H,3,8-9H2,1-2H3,(H,30,34)(H,31,33)/b7-5+. The number of urea groups is 1. The van der Waals surface area contributed by atoms with E-state index in [4.69, 9.17) is 0 Å². The zero-order chi connectivity index (χ0) is 25.5. The molecule has 1 unspecified atom stereocenters. The van der Waals surface area contributed by atoms with E-state index >= 15 is 0 Å². The van der Waals surface area contributed by atoms with Gasteiger partial charge in [-0.1, -0.05) is 50.1 Å². The summed E-state index contributed by atoms with van der Waals surface area (Å²) in [5, 5.41) is 5.38. The van der Waals surface area contributed by atoms with E-state index in [2.05, 4.69) is 58.4 Å². The Hall–Kier alpha value is -1.85.